The minimum atomic E-state index is -0.159. The van der Waals surface area contributed by atoms with E-state index in [-0.39, 0.29) is 27.0 Å². The highest BCUT2D eigenvalue weighted by Gasteiger charge is 2.05. The van der Waals surface area contributed by atoms with Crippen molar-refractivity contribution in [3.8, 4) is 0 Å². The quantitative estimate of drug-likeness (QED) is 0.731. The monoisotopic (exact) mass is 325 g/mol. The van der Waals surface area contributed by atoms with Crippen LogP contribution in [-0.2, 0) is 0 Å². The summed E-state index contributed by atoms with van der Waals surface area (Å²) >= 11 is -0.159. The molecule has 0 radical (unpaired) electrons. The number of halogens is 2. The summed E-state index contributed by atoms with van der Waals surface area (Å²) in [6.07, 6.45) is 1.87. The van der Waals surface area contributed by atoms with Crippen molar-refractivity contribution in [2.75, 3.05) is 0 Å². The highest BCUT2D eigenvalue weighted by molar-refractivity contribution is 5.48. The van der Waals surface area contributed by atoms with E-state index in [1.807, 2.05) is 30.3 Å². The van der Waals surface area contributed by atoms with Crippen LogP contribution in [0.25, 0.3) is 6.08 Å². The molecular formula is C14H11FI+. The Morgan fingerprint density at radius 3 is 2.31 bits per heavy atom. The summed E-state index contributed by atoms with van der Waals surface area (Å²) < 4.78 is 16.7. The van der Waals surface area contributed by atoms with Crippen LogP contribution in [0.3, 0.4) is 0 Å². The fourth-order valence-corrected chi connectivity index (χ4v) is 3.08. The van der Waals surface area contributed by atoms with Crippen LogP contribution in [0.15, 0.2) is 58.7 Å². The second-order valence-electron chi connectivity index (χ2n) is 3.22. The standard InChI is InChI=1S/C14H11FI/c15-14-9-5-4-6-12(14)10-11-16-13-7-2-1-3-8-13/h1-11H/q+1/b11-10+. The lowest BCUT2D eigenvalue weighted by Crippen LogP contribution is -3.59. The SMILES string of the molecule is Fc1ccccc1/C=C/[I+]c1ccccc1. The lowest BCUT2D eigenvalue weighted by atomic mass is 10.2. The molecule has 0 heterocycles. The van der Waals surface area contributed by atoms with Crippen LogP contribution >= 0.6 is 0 Å². The van der Waals surface area contributed by atoms with E-state index < -0.39 is 0 Å². The van der Waals surface area contributed by atoms with Crippen LogP contribution in [0.2, 0.25) is 0 Å². The molecule has 0 aliphatic rings. The fraction of sp³-hybridized carbons (Fsp3) is 0. The van der Waals surface area contributed by atoms with Crippen molar-refractivity contribution < 1.29 is 25.6 Å². The first-order valence-corrected chi connectivity index (χ1v) is 7.28. The Morgan fingerprint density at radius 2 is 1.56 bits per heavy atom. The zero-order valence-electron chi connectivity index (χ0n) is 8.61. The smallest absolute Gasteiger partial charge is 0.206 e. The summed E-state index contributed by atoms with van der Waals surface area (Å²) in [5.41, 5.74) is 0.665. The third-order valence-electron chi connectivity index (χ3n) is 2.07. The zero-order valence-corrected chi connectivity index (χ0v) is 10.8. The molecule has 16 heavy (non-hydrogen) atoms. The van der Waals surface area contributed by atoms with Crippen molar-refractivity contribution in [2.24, 2.45) is 0 Å². The van der Waals surface area contributed by atoms with Gasteiger partial charge in [-0.2, -0.15) is 0 Å². The Bertz CT molecular complexity index is 477. The Balaban J connectivity index is 2.03. The molecule has 0 aliphatic carbocycles. The molecular weight excluding hydrogens is 314 g/mol. The van der Waals surface area contributed by atoms with Crippen LogP contribution in [0.4, 0.5) is 4.39 Å². The van der Waals surface area contributed by atoms with E-state index in [0.29, 0.717) is 5.56 Å². The second kappa shape index (κ2) is 5.80. The van der Waals surface area contributed by atoms with Crippen molar-refractivity contribution in [1.29, 1.82) is 0 Å². The summed E-state index contributed by atoms with van der Waals surface area (Å²) in [5, 5.41) is 0. The predicted octanol–water partition coefficient (Wildman–Crippen LogP) is 0.755. The van der Waals surface area contributed by atoms with Gasteiger partial charge in [-0.1, -0.05) is 36.4 Å². The molecule has 2 aromatic rings. The minimum Gasteiger partial charge on any atom is -0.206 e. The summed E-state index contributed by atoms with van der Waals surface area (Å²) in [4.78, 5) is 0. The molecule has 0 N–H and O–H groups in total. The third-order valence-corrected chi connectivity index (χ3v) is 4.23. The molecule has 80 valence electrons. The molecule has 0 saturated carbocycles. The molecule has 0 amide bonds. The van der Waals surface area contributed by atoms with Gasteiger partial charge in [0.05, 0.1) is 0 Å². The average Bonchev–Trinajstić information content (AvgIpc) is 2.33. The van der Waals surface area contributed by atoms with E-state index in [2.05, 4.69) is 16.2 Å². The maximum Gasteiger partial charge on any atom is 0.349 e. The van der Waals surface area contributed by atoms with E-state index in [4.69, 9.17) is 0 Å². The van der Waals surface area contributed by atoms with Gasteiger partial charge < -0.3 is 0 Å². The Hall–Kier alpha value is -1.16. The third kappa shape index (κ3) is 3.17. The molecule has 2 heteroatoms. The van der Waals surface area contributed by atoms with Gasteiger partial charge in [-0.25, -0.2) is 4.39 Å². The molecule has 0 saturated heterocycles. The summed E-state index contributed by atoms with van der Waals surface area (Å²) in [5.74, 6) is -0.157. The molecule has 0 nitrogen and oxygen atoms in total. The van der Waals surface area contributed by atoms with E-state index in [0.717, 1.165) is 0 Å². The first-order valence-electron chi connectivity index (χ1n) is 4.96. The van der Waals surface area contributed by atoms with E-state index >= 15 is 0 Å². The van der Waals surface area contributed by atoms with Gasteiger partial charge in [0.1, 0.15) is 5.82 Å². The molecule has 0 atom stereocenters. The van der Waals surface area contributed by atoms with Gasteiger partial charge in [0.15, 0.2) is 7.65 Å². The van der Waals surface area contributed by atoms with E-state index in [1.54, 1.807) is 12.1 Å². The first kappa shape index (κ1) is 11.3. The van der Waals surface area contributed by atoms with Crippen LogP contribution in [-0.4, -0.2) is 0 Å². The number of rotatable bonds is 3. The molecule has 2 rings (SSSR count). The van der Waals surface area contributed by atoms with Crippen molar-refractivity contribution in [3.63, 3.8) is 0 Å². The molecule has 0 unspecified atom stereocenters. The van der Waals surface area contributed by atoms with E-state index in [1.165, 1.54) is 9.64 Å². The van der Waals surface area contributed by atoms with Crippen LogP contribution in [0, 0.1) is 9.39 Å². The largest absolute Gasteiger partial charge is 0.349 e. The Labute approximate surface area is 105 Å². The molecule has 2 aromatic carbocycles. The number of hydrogen-bond donors (Lipinski definition) is 0. The van der Waals surface area contributed by atoms with Crippen LogP contribution in [0.1, 0.15) is 5.56 Å². The van der Waals surface area contributed by atoms with Gasteiger partial charge in [0.2, 0.25) is 0 Å². The van der Waals surface area contributed by atoms with Crippen LogP contribution in [0.5, 0.6) is 0 Å². The summed E-state index contributed by atoms with van der Waals surface area (Å²) in [6.45, 7) is 0. The maximum absolute atomic E-state index is 13.3. The minimum absolute atomic E-state index is 0.157. The number of benzene rings is 2. The molecule has 0 bridgehead atoms. The lowest BCUT2D eigenvalue weighted by molar-refractivity contribution is -0.555. The lowest BCUT2D eigenvalue weighted by Gasteiger charge is -1.91. The van der Waals surface area contributed by atoms with E-state index in [9.17, 15) is 4.39 Å². The Morgan fingerprint density at radius 1 is 0.875 bits per heavy atom. The first-order chi connectivity index (χ1) is 7.86. The van der Waals surface area contributed by atoms with Crippen molar-refractivity contribution in [1.82, 2.24) is 0 Å². The zero-order chi connectivity index (χ0) is 11.2. The van der Waals surface area contributed by atoms with Gasteiger partial charge in [-0.05, 0) is 24.3 Å². The van der Waals surface area contributed by atoms with Gasteiger partial charge in [0.25, 0.3) is 0 Å². The summed E-state index contributed by atoms with van der Waals surface area (Å²) in [6, 6.07) is 17.1. The van der Waals surface area contributed by atoms with Gasteiger partial charge in [0, 0.05) is 5.56 Å². The normalized spacial score (nSPS) is 10.8. The Kier molecular flexibility index (Phi) is 4.10. The maximum atomic E-state index is 13.3. The molecule has 0 spiro atoms. The number of hydrogen-bond acceptors (Lipinski definition) is 0. The van der Waals surface area contributed by atoms with Crippen LogP contribution < -0.4 is 21.2 Å². The second-order valence-corrected chi connectivity index (χ2v) is 5.81. The van der Waals surface area contributed by atoms with Gasteiger partial charge in [-0.3, -0.25) is 0 Å². The molecule has 0 aromatic heterocycles. The highest BCUT2D eigenvalue weighted by atomic mass is 127. The molecule has 0 aliphatic heterocycles. The van der Waals surface area contributed by atoms with Crippen molar-refractivity contribution in [3.05, 3.63) is 73.6 Å². The van der Waals surface area contributed by atoms with Gasteiger partial charge in [-0.15, -0.1) is 0 Å². The van der Waals surface area contributed by atoms with Crippen molar-refractivity contribution >= 4 is 6.08 Å². The highest BCUT2D eigenvalue weighted by Crippen LogP contribution is 2.06. The molecule has 0 fully saturated rings. The predicted molar refractivity (Wildman–Crippen MR) is 60.6 cm³/mol. The summed E-state index contributed by atoms with van der Waals surface area (Å²) in [7, 11) is 0. The topological polar surface area (TPSA) is 0 Å². The van der Waals surface area contributed by atoms with Gasteiger partial charge >= 0.3 is 21.2 Å². The fourth-order valence-electron chi connectivity index (χ4n) is 1.27. The average molecular weight is 325 g/mol. The van der Waals surface area contributed by atoms with Crippen molar-refractivity contribution in [2.45, 2.75) is 0 Å².